The molecule has 1 saturated carbocycles. The molecule has 0 radical (unpaired) electrons. The fraction of sp³-hybridized carbons (Fsp3) is 0.333. The average molecular weight is 472 g/mol. The van der Waals surface area contributed by atoms with Gasteiger partial charge in [0.15, 0.2) is 0 Å². The van der Waals surface area contributed by atoms with Crippen molar-refractivity contribution in [3.63, 3.8) is 0 Å². The second-order valence-electron chi connectivity index (χ2n) is 8.73. The zero-order chi connectivity index (χ0) is 22.6. The van der Waals surface area contributed by atoms with Gasteiger partial charge in [-0.15, -0.1) is 0 Å². The highest BCUT2D eigenvalue weighted by Gasteiger charge is 2.51. The largest absolute Gasteiger partial charge is 0.480 e. The summed E-state index contributed by atoms with van der Waals surface area (Å²) in [5, 5.41) is 14.8. The molecule has 0 spiro atoms. The summed E-state index contributed by atoms with van der Waals surface area (Å²) in [5.41, 5.74) is 3.31. The minimum Gasteiger partial charge on any atom is -0.480 e. The van der Waals surface area contributed by atoms with Crippen molar-refractivity contribution < 1.29 is 14.7 Å². The minimum atomic E-state index is -0.883. The smallest absolute Gasteiger partial charge is 0.323 e. The van der Waals surface area contributed by atoms with E-state index in [1.165, 1.54) is 0 Å². The molecule has 3 aromatic rings. The van der Waals surface area contributed by atoms with E-state index >= 15 is 0 Å². The fourth-order valence-electron chi connectivity index (χ4n) is 4.63. The summed E-state index contributed by atoms with van der Waals surface area (Å²) in [6, 6.07) is 9.20. The molecule has 1 aliphatic carbocycles. The van der Waals surface area contributed by atoms with Crippen LogP contribution in [0.5, 0.6) is 0 Å². The first kappa shape index (κ1) is 21.3. The molecule has 5 rings (SSSR count). The molecule has 2 aliphatic rings. The van der Waals surface area contributed by atoms with E-state index in [2.05, 4.69) is 10.3 Å². The van der Waals surface area contributed by atoms with Crippen molar-refractivity contribution in [3.05, 3.63) is 68.8 Å². The van der Waals surface area contributed by atoms with Crippen LogP contribution in [-0.4, -0.2) is 39.0 Å². The van der Waals surface area contributed by atoms with Gasteiger partial charge >= 0.3 is 5.97 Å². The first-order valence-electron chi connectivity index (χ1n) is 10.7. The van der Waals surface area contributed by atoms with Gasteiger partial charge in [0, 0.05) is 47.0 Å². The number of hydrogen-bond acceptors (Lipinski definition) is 3. The molecule has 1 aliphatic heterocycles. The molecule has 1 unspecified atom stereocenters. The molecule has 0 bridgehead atoms. The molecular weight excluding hydrogens is 449 g/mol. The number of aliphatic carboxylic acids is 1. The molecule has 8 heteroatoms. The van der Waals surface area contributed by atoms with Crippen LogP contribution in [0.1, 0.15) is 52.9 Å². The lowest BCUT2D eigenvalue weighted by Gasteiger charge is -2.31. The standard InChI is InChI=1S/C24H23Cl2N3O3/c1-13(28-24(6-7-24)23(31)32)20-18(25)10-16-12-29(9-5-17(16)21(20)26)22(30)15-3-2-14-4-8-27-19(14)11-15/h2-4,8,10-11,13,27-28H,5-7,9,12H2,1H3,(H,31,32). The Kier molecular flexibility index (Phi) is 5.19. The Morgan fingerprint density at radius 2 is 2.00 bits per heavy atom. The molecule has 1 atom stereocenters. The Balaban J connectivity index is 1.39. The Labute approximate surface area is 195 Å². The molecule has 32 heavy (non-hydrogen) atoms. The number of nitrogens with zero attached hydrogens (tertiary/aromatic N) is 1. The van der Waals surface area contributed by atoms with Crippen LogP contribution in [0.15, 0.2) is 36.5 Å². The van der Waals surface area contributed by atoms with E-state index in [1.54, 1.807) is 0 Å². The van der Waals surface area contributed by atoms with Crippen LogP contribution in [0.3, 0.4) is 0 Å². The molecule has 2 heterocycles. The molecule has 166 valence electrons. The van der Waals surface area contributed by atoms with E-state index in [4.69, 9.17) is 23.2 Å². The highest BCUT2D eigenvalue weighted by molar-refractivity contribution is 6.36. The van der Waals surface area contributed by atoms with Crippen molar-refractivity contribution in [3.8, 4) is 0 Å². The van der Waals surface area contributed by atoms with Crippen LogP contribution < -0.4 is 5.32 Å². The first-order valence-corrected chi connectivity index (χ1v) is 11.4. The minimum absolute atomic E-state index is 0.0318. The summed E-state index contributed by atoms with van der Waals surface area (Å²) < 4.78 is 0. The number of H-pyrrole nitrogens is 1. The molecule has 1 fully saturated rings. The lowest BCUT2D eigenvalue weighted by molar-refractivity contribution is -0.141. The normalized spacial score (nSPS) is 17.8. The maximum absolute atomic E-state index is 13.1. The second-order valence-corrected chi connectivity index (χ2v) is 9.52. The third-order valence-electron chi connectivity index (χ3n) is 6.61. The zero-order valence-corrected chi connectivity index (χ0v) is 19.1. The van der Waals surface area contributed by atoms with Crippen LogP contribution in [0, 0.1) is 0 Å². The molecule has 6 nitrogen and oxygen atoms in total. The number of carbonyl (C=O) groups is 2. The number of halogens is 2. The van der Waals surface area contributed by atoms with Gasteiger partial charge in [-0.25, -0.2) is 0 Å². The van der Waals surface area contributed by atoms with Gasteiger partial charge in [0.05, 0.1) is 5.02 Å². The third-order valence-corrected chi connectivity index (χ3v) is 7.36. The van der Waals surface area contributed by atoms with Gasteiger partial charge in [0.1, 0.15) is 5.54 Å². The number of carboxylic acids is 1. The van der Waals surface area contributed by atoms with Gasteiger partial charge in [-0.2, -0.15) is 0 Å². The maximum Gasteiger partial charge on any atom is 0.323 e. The summed E-state index contributed by atoms with van der Waals surface area (Å²) in [4.78, 5) is 29.6. The molecule has 1 aromatic heterocycles. The number of hydrogen-bond donors (Lipinski definition) is 3. The number of carboxylic acid groups (broad SMARTS) is 1. The number of carbonyl (C=O) groups excluding carboxylic acids is 1. The van der Waals surface area contributed by atoms with Gasteiger partial charge in [-0.3, -0.25) is 14.9 Å². The highest BCUT2D eigenvalue weighted by atomic mass is 35.5. The van der Waals surface area contributed by atoms with Crippen molar-refractivity contribution in [1.29, 1.82) is 0 Å². The molecular formula is C24H23Cl2N3O3. The number of benzene rings is 2. The second kappa shape index (κ2) is 7.80. The van der Waals surface area contributed by atoms with Crippen molar-refractivity contribution >= 4 is 46.0 Å². The van der Waals surface area contributed by atoms with E-state index in [9.17, 15) is 14.7 Å². The monoisotopic (exact) mass is 471 g/mol. The van der Waals surface area contributed by atoms with Crippen LogP contribution in [0.4, 0.5) is 0 Å². The number of fused-ring (bicyclic) bond motifs is 2. The quantitative estimate of drug-likeness (QED) is 0.491. The van der Waals surface area contributed by atoms with Crippen LogP contribution in [-0.2, 0) is 17.8 Å². The molecule has 1 amide bonds. The number of aromatic nitrogens is 1. The molecule has 2 aromatic carbocycles. The van der Waals surface area contributed by atoms with E-state index in [0.717, 1.165) is 27.6 Å². The van der Waals surface area contributed by atoms with E-state index in [0.29, 0.717) is 48.0 Å². The van der Waals surface area contributed by atoms with E-state index in [-0.39, 0.29) is 11.9 Å². The summed E-state index contributed by atoms with van der Waals surface area (Å²) in [6.07, 6.45) is 3.66. The lowest BCUT2D eigenvalue weighted by atomic mass is 9.94. The first-order chi connectivity index (χ1) is 15.3. The van der Waals surface area contributed by atoms with Gasteiger partial charge in [-0.05, 0) is 67.0 Å². The molecule has 3 N–H and O–H groups in total. The molecule has 0 saturated heterocycles. The summed E-state index contributed by atoms with van der Waals surface area (Å²) >= 11 is 13.4. The average Bonchev–Trinajstić information content (AvgIpc) is 3.39. The van der Waals surface area contributed by atoms with Crippen LogP contribution in [0.25, 0.3) is 10.9 Å². The van der Waals surface area contributed by atoms with E-state index < -0.39 is 11.5 Å². The van der Waals surface area contributed by atoms with Crippen LogP contribution in [0.2, 0.25) is 10.0 Å². The number of nitrogens with one attached hydrogen (secondary N) is 2. The van der Waals surface area contributed by atoms with Gasteiger partial charge in [0.25, 0.3) is 5.91 Å². The predicted molar refractivity (Wildman–Crippen MR) is 124 cm³/mol. The van der Waals surface area contributed by atoms with Gasteiger partial charge in [-0.1, -0.05) is 29.3 Å². The fourth-order valence-corrected chi connectivity index (χ4v) is 5.55. The lowest BCUT2D eigenvalue weighted by Crippen LogP contribution is -2.41. The number of rotatable bonds is 5. The predicted octanol–water partition coefficient (Wildman–Crippen LogP) is 4.94. The van der Waals surface area contributed by atoms with Crippen molar-refractivity contribution in [2.45, 2.75) is 44.3 Å². The van der Waals surface area contributed by atoms with Gasteiger partial charge in [0.2, 0.25) is 0 Å². The van der Waals surface area contributed by atoms with Crippen molar-refractivity contribution in [1.82, 2.24) is 15.2 Å². The Morgan fingerprint density at radius 3 is 2.72 bits per heavy atom. The topological polar surface area (TPSA) is 85.4 Å². The van der Waals surface area contributed by atoms with E-state index in [1.807, 2.05) is 48.4 Å². The zero-order valence-electron chi connectivity index (χ0n) is 17.5. The Hall–Kier alpha value is -2.54. The summed E-state index contributed by atoms with van der Waals surface area (Å²) in [5.74, 6) is -0.878. The highest BCUT2D eigenvalue weighted by Crippen LogP contribution is 2.42. The summed E-state index contributed by atoms with van der Waals surface area (Å²) in [7, 11) is 0. The Bertz CT molecular complexity index is 1250. The summed E-state index contributed by atoms with van der Waals surface area (Å²) in [6.45, 7) is 2.87. The number of aromatic amines is 1. The van der Waals surface area contributed by atoms with Crippen molar-refractivity contribution in [2.75, 3.05) is 6.54 Å². The van der Waals surface area contributed by atoms with Crippen LogP contribution >= 0.6 is 23.2 Å². The SMILES string of the molecule is CC(NC1(C(=O)O)CC1)c1c(Cl)cc2c(c1Cl)CCN(C(=O)c1ccc3cc[nH]c3c1)C2. The Morgan fingerprint density at radius 1 is 1.22 bits per heavy atom. The maximum atomic E-state index is 13.1. The van der Waals surface area contributed by atoms with Crippen molar-refractivity contribution in [2.24, 2.45) is 0 Å². The number of amides is 1. The van der Waals surface area contributed by atoms with Gasteiger partial charge < -0.3 is 15.0 Å². The third kappa shape index (κ3) is 3.56.